The van der Waals surface area contributed by atoms with Gasteiger partial charge in [-0.15, -0.1) is 0 Å². The average molecular weight is 271 g/mol. The normalized spacial score (nSPS) is 12.6. The van der Waals surface area contributed by atoms with Gasteiger partial charge in [-0.1, -0.05) is 38.1 Å². The first-order valence-electron chi connectivity index (χ1n) is 7.61. The molecule has 2 aromatic rings. The summed E-state index contributed by atoms with van der Waals surface area (Å²) in [6.07, 6.45) is 3.06. The summed E-state index contributed by atoms with van der Waals surface area (Å²) in [5, 5.41) is 3.61. The monoisotopic (exact) mass is 271 g/mol. The second-order valence-corrected chi connectivity index (χ2v) is 5.29. The van der Waals surface area contributed by atoms with Gasteiger partial charge in [-0.2, -0.15) is 0 Å². The maximum Gasteiger partial charge on any atom is 0.121 e. The maximum atomic E-state index is 5.94. The second-order valence-electron chi connectivity index (χ2n) is 5.29. The molecule has 0 aliphatic heterocycles. The van der Waals surface area contributed by atoms with Crippen molar-refractivity contribution in [1.29, 1.82) is 0 Å². The molecule has 108 valence electrons. The minimum atomic E-state index is 0.261. The van der Waals surface area contributed by atoms with Crippen molar-refractivity contribution in [1.82, 2.24) is 5.32 Å². The molecule has 0 fully saturated rings. The van der Waals surface area contributed by atoms with E-state index in [1.807, 2.05) is 0 Å². The van der Waals surface area contributed by atoms with Crippen molar-refractivity contribution in [3.05, 3.63) is 59.0 Å². The fourth-order valence-corrected chi connectivity index (χ4v) is 2.42. The van der Waals surface area contributed by atoms with Gasteiger partial charge in [0.1, 0.15) is 11.5 Å². The van der Waals surface area contributed by atoms with Gasteiger partial charge in [-0.3, -0.25) is 0 Å². The van der Waals surface area contributed by atoms with Gasteiger partial charge >= 0.3 is 0 Å². The Morgan fingerprint density at radius 1 is 1.10 bits per heavy atom. The lowest BCUT2D eigenvalue weighted by Crippen LogP contribution is -2.24. The number of aryl methyl sites for hydroxylation is 2. The van der Waals surface area contributed by atoms with Crippen LogP contribution in [0.5, 0.6) is 0 Å². The van der Waals surface area contributed by atoms with Gasteiger partial charge in [0.15, 0.2) is 0 Å². The minimum Gasteiger partial charge on any atom is -0.464 e. The highest BCUT2D eigenvalue weighted by molar-refractivity contribution is 5.27. The molecule has 1 aromatic heterocycles. The molecule has 1 heterocycles. The van der Waals surface area contributed by atoms with E-state index >= 15 is 0 Å². The Morgan fingerprint density at radius 3 is 2.55 bits per heavy atom. The van der Waals surface area contributed by atoms with E-state index in [9.17, 15) is 0 Å². The largest absolute Gasteiger partial charge is 0.464 e. The SMILES string of the molecule is CCCNC(Cc1ccccc1C)c1ccc(CC)o1. The molecule has 0 radical (unpaired) electrons. The standard InChI is InChI=1S/C18H25NO/c1-4-12-19-17(18-11-10-16(5-2)20-18)13-15-9-7-6-8-14(15)3/h6-11,17,19H,4-5,12-13H2,1-3H3. The zero-order valence-corrected chi connectivity index (χ0v) is 12.8. The first-order chi connectivity index (χ1) is 9.74. The van der Waals surface area contributed by atoms with Gasteiger partial charge < -0.3 is 9.73 Å². The molecule has 0 aliphatic rings. The Balaban J connectivity index is 2.17. The third-order valence-corrected chi connectivity index (χ3v) is 3.70. The van der Waals surface area contributed by atoms with Crippen molar-refractivity contribution in [2.24, 2.45) is 0 Å². The first-order valence-corrected chi connectivity index (χ1v) is 7.61. The zero-order valence-electron chi connectivity index (χ0n) is 12.8. The number of nitrogens with one attached hydrogen (secondary N) is 1. The van der Waals surface area contributed by atoms with Crippen LogP contribution in [0.2, 0.25) is 0 Å². The lowest BCUT2D eigenvalue weighted by molar-refractivity contribution is 0.392. The van der Waals surface area contributed by atoms with Crippen LogP contribution >= 0.6 is 0 Å². The van der Waals surface area contributed by atoms with Gasteiger partial charge in [0.25, 0.3) is 0 Å². The summed E-state index contributed by atoms with van der Waals surface area (Å²) in [5.74, 6) is 2.12. The highest BCUT2D eigenvalue weighted by Crippen LogP contribution is 2.23. The Hall–Kier alpha value is -1.54. The molecule has 0 saturated heterocycles. The molecular weight excluding hydrogens is 246 g/mol. The lowest BCUT2D eigenvalue weighted by atomic mass is 9.99. The molecule has 0 bridgehead atoms. The molecule has 0 aliphatic carbocycles. The van der Waals surface area contributed by atoms with E-state index in [0.29, 0.717) is 0 Å². The molecule has 0 spiro atoms. The van der Waals surface area contributed by atoms with Gasteiger partial charge in [-0.25, -0.2) is 0 Å². The summed E-state index contributed by atoms with van der Waals surface area (Å²) in [6.45, 7) is 7.50. The molecule has 1 aromatic carbocycles. The zero-order chi connectivity index (χ0) is 14.4. The van der Waals surface area contributed by atoms with Crippen molar-refractivity contribution in [3.63, 3.8) is 0 Å². The van der Waals surface area contributed by atoms with Crippen LogP contribution in [0.15, 0.2) is 40.8 Å². The highest BCUT2D eigenvalue weighted by atomic mass is 16.3. The minimum absolute atomic E-state index is 0.261. The molecule has 1 N–H and O–H groups in total. The summed E-state index contributed by atoms with van der Waals surface area (Å²) in [4.78, 5) is 0. The van der Waals surface area contributed by atoms with Crippen LogP contribution < -0.4 is 5.32 Å². The van der Waals surface area contributed by atoms with Crippen LogP contribution in [-0.2, 0) is 12.8 Å². The summed E-state index contributed by atoms with van der Waals surface area (Å²) in [5.41, 5.74) is 2.73. The number of hydrogen-bond acceptors (Lipinski definition) is 2. The van der Waals surface area contributed by atoms with Crippen LogP contribution in [0.1, 0.15) is 49.0 Å². The number of benzene rings is 1. The Morgan fingerprint density at radius 2 is 1.90 bits per heavy atom. The summed E-state index contributed by atoms with van der Waals surface area (Å²) >= 11 is 0. The van der Waals surface area contributed by atoms with Gasteiger partial charge in [-0.05, 0) is 49.6 Å². The van der Waals surface area contributed by atoms with Gasteiger partial charge in [0, 0.05) is 6.42 Å². The van der Waals surface area contributed by atoms with Crippen molar-refractivity contribution < 1.29 is 4.42 Å². The lowest BCUT2D eigenvalue weighted by Gasteiger charge is -2.17. The molecule has 2 rings (SSSR count). The van der Waals surface area contributed by atoms with Crippen LogP contribution in [0.25, 0.3) is 0 Å². The molecule has 1 unspecified atom stereocenters. The van der Waals surface area contributed by atoms with E-state index in [-0.39, 0.29) is 6.04 Å². The van der Waals surface area contributed by atoms with Gasteiger partial charge in [0.2, 0.25) is 0 Å². The van der Waals surface area contributed by atoms with Crippen molar-refractivity contribution in [3.8, 4) is 0 Å². The fourth-order valence-electron chi connectivity index (χ4n) is 2.42. The first kappa shape index (κ1) is 14.9. The van der Waals surface area contributed by atoms with E-state index in [1.54, 1.807) is 0 Å². The molecule has 1 atom stereocenters. The summed E-state index contributed by atoms with van der Waals surface area (Å²) in [7, 11) is 0. The van der Waals surface area contributed by atoms with E-state index in [4.69, 9.17) is 4.42 Å². The summed E-state index contributed by atoms with van der Waals surface area (Å²) in [6, 6.07) is 13.1. The third kappa shape index (κ3) is 3.73. The molecule has 0 amide bonds. The maximum absolute atomic E-state index is 5.94. The molecular formula is C18H25NO. The summed E-state index contributed by atoms with van der Waals surface area (Å²) < 4.78 is 5.94. The third-order valence-electron chi connectivity index (χ3n) is 3.70. The predicted molar refractivity (Wildman–Crippen MR) is 84.0 cm³/mol. The van der Waals surface area contributed by atoms with Crippen LogP contribution in [-0.4, -0.2) is 6.54 Å². The second kappa shape index (κ2) is 7.30. The number of rotatable bonds is 7. The Bertz CT molecular complexity index is 530. The van der Waals surface area contributed by atoms with E-state index in [1.165, 1.54) is 11.1 Å². The van der Waals surface area contributed by atoms with Crippen molar-refractivity contribution >= 4 is 0 Å². The topological polar surface area (TPSA) is 25.2 Å². The van der Waals surface area contributed by atoms with E-state index < -0.39 is 0 Å². The Labute approximate surface area is 122 Å². The highest BCUT2D eigenvalue weighted by Gasteiger charge is 2.16. The number of furan rings is 1. The van der Waals surface area contributed by atoms with E-state index in [2.05, 4.69) is 62.5 Å². The van der Waals surface area contributed by atoms with Crippen molar-refractivity contribution in [2.45, 2.75) is 46.1 Å². The molecule has 2 heteroatoms. The van der Waals surface area contributed by atoms with Crippen LogP contribution in [0.3, 0.4) is 0 Å². The van der Waals surface area contributed by atoms with Crippen LogP contribution in [0.4, 0.5) is 0 Å². The van der Waals surface area contributed by atoms with Crippen LogP contribution in [0, 0.1) is 6.92 Å². The molecule has 2 nitrogen and oxygen atoms in total. The predicted octanol–water partition coefficient (Wildman–Crippen LogP) is 4.43. The molecule has 20 heavy (non-hydrogen) atoms. The van der Waals surface area contributed by atoms with Crippen molar-refractivity contribution in [2.75, 3.05) is 6.54 Å². The number of hydrogen-bond donors (Lipinski definition) is 1. The van der Waals surface area contributed by atoms with Gasteiger partial charge in [0.05, 0.1) is 6.04 Å². The fraction of sp³-hybridized carbons (Fsp3) is 0.444. The average Bonchev–Trinajstić information content (AvgIpc) is 2.94. The Kier molecular flexibility index (Phi) is 5.42. The quantitative estimate of drug-likeness (QED) is 0.805. The smallest absolute Gasteiger partial charge is 0.121 e. The van der Waals surface area contributed by atoms with E-state index in [0.717, 1.165) is 37.3 Å². The molecule has 0 saturated carbocycles.